The van der Waals surface area contributed by atoms with Crippen LogP contribution >= 0.6 is 11.6 Å². The molecule has 0 saturated carbocycles. The van der Waals surface area contributed by atoms with E-state index in [-0.39, 0.29) is 5.41 Å². The van der Waals surface area contributed by atoms with E-state index >= 15 is 0 Å². The average Bonchev–Trinajstić information content (AvgIpc) is 2.33. The Labute approximate surface area is 128 Å². The van der Waals surface area contributed by atoms with Gasteiger partial charge in [-0.25, -0.2) is 0 Å². The molecule has 1 aromatic carbocycles. The summed E-state index contributed by atoms with van der Waals surface area (Å²) in [6, 6.07) is 5.15. The second kappa shape index (κ2) is 6.91. The molecule has 0 fully saturated rings. The van der Waals surface area contributed by atoms with Gasteiger partial charge in [0.1, 0.15) is 0 Å². The summed E-state index contributed by atoms with van der Waals surface area (Å²) in [5.74, 6) is -2.66. The van der Waals surface area contributed by atoms with Gasteiger partial charge in [0.15, 0.2) is 0 Å². The van der Waals surface area contributed by atoms with E-state index in [0.29, 0.717) is 10.7 Å². The van der Waals surface area contributed by atoms with Crippen LogP contribution in [0.1, 0.15) is 32.8 Å². The first-order chi connectivity index (χ1) is 9.65. The first-order valence-corrected chi connectivity index (χ1v) is 6.96. The number of rotatable bonds is 5. The van der Waals surface area contributed by atoms with Crippen LogP contribution in [-0.4, -0.2) is 28.7 Å². The van der Waals surface area contributed by atoms with Crippen LogP contribution in [0.15, 0.2) is 18.2 Å². The predicted molar refractivity (Wildman–Crippen MR) is 81.6 cm³/mol. The highest BCUT2D eigenvalue weighted by Gasteiger charge is 2.22. The van der Waals surface area contributed by atoms with E-state index in [1.54, 1.807) is 12.1 Å². The Balaban J connectivity index is 2.86. The summed E-state index contributed by atoms with van der Waals surface area (Å²) in [7, 11) is 0. The van der Waals surface area contributed by atoms with Crippen LogP contribution in [0.5, 0.6) is 0 Å². The fourth-order valence-electron chi connectivity index (χ4n) is 1.90. The van der Waals surface area contributed by atoms with Gasteiger partial charge >= 0.3 is 5.97 Å². The zero-order chi connectivity index (χ0) is 16.2. The molecule has 3 N–H and O–H groups in total. The number of amides is 1. The molecule has 116 valence electrons. The van der Waals surface area contributed by atoms with Crippen LogP contribution in [0.25, 0.3) is 0 Å². The van der Waals surface area contributed by atoms with Gasteiger partial charge in [0.2, 0.25) is 5.91 Å². The molecule has 21 heavy (non-hydrogen) atoms. The molecule has 1 aromatic rings. The Kier molecular flexibility index (Phi) is 5.75. The molecule has 0 aliphatic carbocycles. The number of halogens is 1. The van der Waals surface area contributed by atoms with Crippen molar-refractivity contribution in [3.05, 3.63) is 28.8 Å². The molecule has 1 unspecified atom stereocenters. The Morgan fingerprint density at radius 3 is 2.38 bits per heavy atom. The van der Waals surface area contributed by atoms with Crippen molar-refractivity contribution in [2.24, 2.45) is 5.92 Å². The van der Waals surface area contributed by atoms with Gasteiger partial charge in [0, 0.05) is 10.7 Å². The Hall–Kier alpha value is -1.59. The number of anilines is 1. The fraction of sp³-hybridized carbons (Fsp3) is 0.467. The molecular weight excluding hydrogens is 294 g/mol. The molecule has 0 heterocycles. The van der Waals surface area contributed by atoms with E-state index < -0.39 is 30.8 Å². The lowest BCUT2D eigenvalue weighted by Crippen LogP contribution is -2.28. The van der Waals surface area contributed by atoms with Crippen LogP contribution in [0, 0.1) is 5.92 Å². The van der Waals surface area contributed by atoms with Gasteiger partial charge in [0.25, 0.3) is 0 Å². The Morgan fingerprint density at radius 1 is 1.33 bits per heavy atom. The molecule has 1 atom stereocenters. The molecule has 1 amide bonds. The van der Waals surface area contributed by atoms with Crippen molar-refractivity contribution in [3.63, 3.8) is 0 Å². The molecule has 0 saturated heterocycles. The van der Waals surface area contributed by atoms with E-state index in [4.69, 9.17) is 21.8 Å². The average molecular weight is 314 g/mol. The highest BCUT2D eigenvalue weighted by molar-refractivity contribution is 6.31. The van der Waals surface area contributed by atoms with Crippen molar-refractivity contribution in [2.75, 3.05) is 11.9 Å². The maximum atomic E-state index is 11.9. The predicted octanol–water partition coefficient (Wildman–Crippen LogP) is 2.66. The summed E-state index contributed by atoms with van der Waals surface area (Å²) < 4.78 is 0. The number of hydrogen-bond donors (Lipinski definition) is 3. The highest BCUT2D eigenvalue weighted by atomic mass is 35.5. The van der Waals surface area contributed by atoms with Gasteiger partial charge in [-0.05, 0) is 23.1 Å². The lowest BCUT2D eigenvalue weighted by atomic mass is 9.87. The van der Waals surface area contributed by atoms with Crippen LogP contribution in [0.3, 0.4) is 0 Å². The molecule has 6 heteroatoms. The monoisotopic (exact) mass is 313 g/mol. The van der Waals surface area contributed by atoms with E-state index in [0.717, 1.165) is 5.56 Å². The van der Waals surface area contributed by atoms with E-state index in [9.17, 15) is 9.59 Å². The first-order valence-electron chi connectivity index (χ1n) is 6.58. The summed E-state index contributed by atoms with van der Waals surface area (Å²) in [4.78, 5) is 22.5. The summed E-state index contributed by atoms with van der Waals surface area (Å²) in [6.45, 7) is 5.56. The van der Waals surface area contributed by atoms with Gasteiger partial charge in [-0.15, -0.1) is 0 Å². The Bertz CT molecular complexity index is 537. The molecule has 0 aromatic heterocycles. The second-order valence-corrected chi connectivity index (χ2v) is 6.32. The number of nitrogens with one attached hydrogen (secondary N) is 1. The first kappa shape index (κ1) is 17.5. The summed E-state index contributed by atoms with van der Waals surface area (Å²) in [6.07, 6.45) is -0.420. The zero-order valence-corrected chi connectivity index (χ0v) is 13.1. The van der Waals surface area contributed by atoms with Crippen molar-refractivity contribution in [2.45, 2.75) is 32.6 Å². The number of hydrogen-bond acceptors (Lipinski definition) is 3. The lowest BCUT2D eigenvalue weighted by molar-refractivity contribution is -0.140. The number of carbonyl (C=O) groups excluding carboxylic acids is 1. The number of aliphatic carboxylic acids is 1. The van der Waals surface area contributed by atoms with Crippen molar-refractivity contribution in [1.82, 2.24) is 0 Å². The van der Waals surface area contributed by atoms with Crippen molar-refractivity contribution >= 4 is 29.2 Å². The minimum Gasteiger partial charge on any atom is -0.481 e. The number of carboxylic acid groups (broad SMARTS) is 1. The smallest absolute Gasteiger partial charge is 0.304 e. The molecule has 0 bridgehead atoms. The number of benzene rings is 1. The van der Waals surface area contributed by atoms with Gasteiger partial charge in [-0.3, -0.25) is 9.59 Å². The van der Waals surface area contributed by atoms with Gasteiger partial charge in [0.05, 0.1) is 18.9 Å². The van der Waals surface area contributed by atoms with Crippen molar-refractivity contribution in [1.29, 1.82) is 0 Å². The number of carboxylic acids is 1. The second-order valence-electron chi connectivity index (χ2n) is 5.91. The molecular formula is C15H20ClNO4. The third-order valence-electron chi connectivity index (χ3n) is 3.06. The number of carbonyl (C=O) groups is 2. The molecule has 5 nitrogen and oxygen atoms in total. The van der Waals surface area contributed by atoms with Gasteiger partial charge in [-0.2, -0.15) is 0 Å². The van der Waals surface area contributed by atoms with Gasteiger partial charge < -0.3 is 15.5 Å². The third-order valence-corrected chi connectivity index (χ3v) is 3.37. The lowest BCUT2D eigenvalue weighted by Gasteiger charge is -2.21. The van der Waals surface area contributed by atoms with E-state index in [2.05, 4.69) is 5.32 Å². The minimum absolute atomic E-state index is 0.115. The SMILES string of the molecule is CC(C)(C)c1ccc(NC(=O)C(CO)CC(=O)O)cc1Cl. The summed E-state index contributed by atoms with van der Waals surface area (Å²) in [5, 5.41) is 20.9. The molecule has 0 aliphatic heterocycles. The third kappa shape index (κ3) is 5.02. The van der Waals surface area contributed by atoms with E-state index in [1.807, 2.05) is 26.8 Å². The molecule has 0 spiro atoms. The zero-order valence-electron chi connectivity index (χ0n) is 12.3. The fourth-order valence-corrected chi connectivity index (χ4v) is 2.36. The van der Waals surface area contributed by atoms with Crippen molar-refractivity contribution < 1.29 is 19.8 Å². The summed E-state index contributed by atoms with van der Waals surface area (Å²) in [5.41, 5.74) is 1.31. The molecule has 0 aliphatic rings. The number of aliphatic hydroxyl groups is 1. The van der Waals surface area contributed by atoms with E-state index in [1.165, 1.54) is 0 Å². The highest BCUT2D eigenvalue weighted by Crippen LogP contribution is 2.31. The summed E-state index contributed by atoms with van der Waals surface area (Å²) >= 11 is 6.20. The quantitative estimate of drug-likeness (QED) is 0.780. The van der Waals surface area contributed by atoms with Crippen LogP contribution < -0.4 is 5.32 Å². The molecule has 0 radical (unpaired) electrons. The van der Waals surface area contributed by atoms with Crippen molar-refractivity contribution in [3.8, 4) is 0 Å². The van der Waals surface area contributed by atoms with Crippen LogP contribution in [0.4, 0.5) is 5.69 Å². The standard InChI is InChI=1S/C15H20ClNO4/c1-15(2,3)11-5-4-10(7-12(11)16)17-14(21)9(8-18)6-13(19)20/h4-5,7,9,18H,6,8H2,1-3H3,(H,17,21)(H,19,20). The maximum absolute atomic E-state index is 11.9. The van der Waals surface area contributed by atoms with Crippen LogP contribution in [-0.2, 0) is 15.0 Å². The molecule has 1 rings (SSSR count). The largest absolute Gasteiger partial charge is 0.481 e. The van der Waals surface area contributed by atoms with Gasteiger partial charge in [-0.1, -0.05) is 38.4 Å². The maximum Gasteiger partial charge on any atom is 0.304 e. The topological polar surface area (TPSA) is 86.6 Å². The Morgan fingerprint density at radius 2 is 1.95 bits per heavy atom. The number of aliphatic hydroxyl groups excluding tert-OH is 1. The minimum atomic E-state index is -1.13. The normalized spacial score (nSPS) is 12.8. The van der Waals surface area contributed by atoms with Crippen LogP contribution in [0.2, 0.25) is 5.02 Å².